The number of ether oxygens (including phenoxy) is 1. The second-order valence-electron chi connectivity index (χ2n) is 6.36. The average molecular weight is 549 g/mol. The van der Waals surface area contributed by atoms with Gasteiger partial charge in [0.05, 0.1) is 6.61 Å². The number of nitrogens with one attached hydrogen (secondary N) is 1. The first-order valence-electron chi connectivity index (χ1n) is 9.64. The van der Waals surface area contributed by atoms with Crippen molar-refractivity contribution in [1.82, 2.24) is 25.3 Å². The van der Waals surface area contributed by atoms with Crippen molar-refractivity contribution in [2.24, 2.45) is 4.99 Å². The molecule has 164 valence electrons. The van der Waals surface area contributed by atoms with E-state index in [1.54, 1.807) is 24.0 Å². The molecule has 1 saturated heterocycles. The molecule has 1 fully saturated rings. The Hall–Kier alpha value is -2.08. The van der Waals surface area contributed by atoms with Crippen LogP contribution in [0.4, 0.5) is 4.79 Å². The number of halogens is 2. The third-order valence-electron chi connectivity index (χ3n) is 4.37. The van der Waals surface area contributed by atoms with Crippen molar-refractivity contribution < 1.29 is 14.1 Å². The van der Waals surface area contributed by atoms with Crippen molar-refractivity contribution in [3.63, 3.8) is 0 Å². The van der Waals surface area contributed by atoms with E-state index in [0.717, 1.165) is 18.1 Å². The third kappa shape index (κ3) is 6.46. The Bertz CT molecular complexity index is 837. The summed E-state index contributed by atoms with van der Waals surface area (Å²) < 4.78 is 10.4. The summed E-state index contributed by atoms with van der Waals surface area (Å²) in [5.41, 5.74) is 0.829. The Morgan fingerprint density at radius 2 is 1.87 bits per heavy atom. The normalized spacial score (nSPS) is 14.3. The molecule has 0 bridgehead atoms. The first-order valence-corrected chi connectivity index (χ1v) is 10.0. The van der Waals surface area contributed by atoms with E-state index in [1.807, 2.05) is 19.1 Å². The molecule has 1 aromatic heterocycles. The van der Waals surface area contributed by atoms with Crippen molar-refractivity contribution in [3.05, 3.63) is 35.2 Å². The molecule has 0 atom stereocenters. The van der Waals surface area contributed by atoms with Crippen molar-refractivity contribution in [1.29, 1.82) is 0 Å². The van der Waals surface area contributed by atoms with Crippen LogP contribution in [0.25, 0.3) is 11.4 Å². The Labute approximate surface area is 197 Å². The summed E-state index contributed by atoms with van der Waals surface area (Å²) in [7, 11) is 0. The Morgan fingerprint density at radius 1 is 1.20 bits per heavy atom. The third-order valence-corrected chi connectivity index (χ3v) is 4.63. The second-order valence-corrected chi connectivity index (χ2v) is 6.80. The molecule has 1 aromatic carbocycles. The number of hydrogen-bond acceptors (Lipinski definition) is 6. The lowest BCUT2D eigenvalue weighted by atomic mass is 10.2. The predicted octanol–water partition coefficient (Wildman–Crippen LogP) is 3.25. The molecule has 0 aliphatic carbocycles. The summed E-state index contributed by atoms with van der Waals surface area (Å²) in [6.07, 6.45) is -0.269. The highest BCUT2D eigenvalue weighted by molar-refractivity contribution is 14.0. The Kier molecular flexibility index (Phi) is 9.63. The van der Waals surface area contributed by atoms with Crippen LogP contribution in [-0.2, 0) is 11.3 Å². The van der Waals surface area contributed by atoms with Gasteiger partial charge < -0.3 is 24.4 Å². The van der Waals surface area contributed by atoms with Crippen LogP contribution in [0, 0.1) is 0 Å². The van der Waals surface area contributed by atoms with Crippen LogP contribution in [0.1, 0.15) is 19.7 Å². The SMILES string of the molecule is CCNC(=NCc1nc(-c2ccc(Cl)cc2)no1)N1CCN(C(=O)OCC)CC1.I. The minimum atomic E-state index is -0.269. The molecule has 0 saturated carbocycles. The average Bonchev–Trinajstić information content (AvgIpc) is 3.21. The summed E-state index contributed by atoms with van der Waals surface area (Å²) in [4.78, 5) is 24.7. The molecule has 0 unspecified atom stereocenters. The number of amides is 1. The lowest BCUT2D eigenvalue weighted by molar-refractivity contribution is 0.0914. The number of piperazine rings is 1. The summed E-state index contributed by atoms with van der Waals surface area (Å²) >= 11 is 5.91. The van der Waals surface area contributed by atoms with Crippen LogP contribution in [0.5, 0.6) is 0 Å². The van der Waals surface area contributed by atoms with E-state index in [-0.39, 0.29) is 36.6 Å². The molecule has 9 nitrogen and oxygen atoms in total. The van der Waals surface area contributed by atoms with E-state index < -0.39 is 0 Å². The first kappa shape index (κ1) is 24.2. The minimum Gasteiger partial charge on any atom is -0.450 e. The van der Waals surface area contributed by atoms with E-state index in [4.69, 9.17) is 20.9 Å². The maximum Gasteiger partial charge on any atom is 0.409 e. The molecule has 1 aliphatic heterocycles. The second kappa shape index (κ2) is 11.9. The fraction of sp³-hybridized carbons (Fsp3) is 0.474. The highest BCUT2D eigenvalue weighted by Crippen LogP contribution is 2.18. The molecule has 3 rings (SSSR count). The number of carbonyl (C=O) groups is 1. The quantitative estimate of drug-likeness (QED) is 0.348. The van der Waals surface area contributed by atoms with Gasteiger partial charge in [-0.05, 0) is 38.1 Å². The molecule has 1 amide bonds. The highest BCUT2D eigenvalue weighted by atomic mass is 127. The Morgan fingerprint density at radius 3 is 2.50 bits per heavy atom. The van der Waals surface area contributed by atoms with Gasteiger partial charge in [-0.1, -0.05) is 16.8 Å². The summed E-state index contributed by atoms with van der Waals surface area (Å²) in [6.45, 7) is 7.71. The molecule has 30 heavy (non-hydrogen) atoms. The van der Waals surface area contributed by atoms with Crippen LogP contribution >= 0.6 is 35.6 Å². The van der Waals surface area contributed by atoms with Gasteiger partial charge in [-0.15, -0.1) is 24.0 Å². The molecule has 0 spiro atoms. The van der Waals surface area contributed by atoms with E-state index in [2.05, 4.69) is 25.3 Å². The van der Waals surface area contributed by atoms with E-state index in [9.17, 15) is 4.79 Å². The molecular formula is C19H26ClIN6O3. The van der Waals surface area contributed by atoms with Crippen molar-refractivity contribution in [3.8, 4) is 11.4 Å². The summed E-state index contributed by atoms with van der Waals surface area (Å²) in [5.74, 6) is 1.68. The van der Waals surface area contributed by atoms with Gasteiger partial charge in [-0.2, -0.15) is 4.98 Å². The van der Waals surface area contributed by atoms with Gasteiger partial charge in [0.1, 0.15) is 6.54 Å². The van der Waals surface area contributed by atoms with Crippen LogP contribution in [0.2, 0.25) is 5.02 Å². The van der Waals surface area contributed by atoms with Gasteiger partial charge in [-0.25, -0.2) is 9.79 Å². The molecule has 2 heterocycles. The predicted molar refractivity (Wildman–Crippen MR) is 125 cm³/mol. The smallest absolute Gasteiger partial charge is 0.409 e. The number of rotatable bonds is 5. The number of hydrogen-bond donors (Lipinski definition) is 1. The zero-order chi connectivity index (χ0) is 20.6. The maximum atomic E-state index is 11.9. The van der Waals surface area contributed by atoms with E-state index >= 15 is 0 Å². The molecule has 2 aromatic rings. The lowest BCUT2D eigenvalue weighted by Gasteiger charge is -2.35. The topological polar surface area (TPSA) is 96.1 Å². The lowest BCUT2D eigenvalue weighted by Crippen LogP contribution is -2.53. The van der Waals surface area contributed by atoms with Crippen molar-refractivity contribution >= 4 is 47.6 Å². The van der Waals surface area contributed by atoms with Crippen LogP contribution in [0.3, 0.4) is 0 Å². The number of nitrogens with zero attached hydrogens (tertiary/aromatic N) is 5. The van der Waals surface area contributed by atoms with Gasteiger partial charge in [0, 0.05) is 43.3 Å². The number of benzene rings is 1. The van der Waals surface area contributed by atoms with Crippen molar-refractivity contribution in [2.75, 3.05) is 39.3 Å². The van der Waals surface area contributed by atoms with Crippen molar-refractivity contribution in [2.45, 2.75) is 20.4 Å². The summed E-state index contributed by atoms with van der Waals surface area (Å²) in [5, 5.41) is 7.94. The van der Waals surface area contributed by atoms with E-state index in [0.29, 0.717) is 49.5 Å². The number of aromatic nitrogens is 2. The largest absolute Gasteiger partial charge is 0.450 e. The van der Waals surface area contributed by atoms with Gasteiger partial charge in [-0.3, -0.25) is 0 Å². The first-order chi connectivity index (χ1) is 14.1. The van der Waals surface area contributed by atoms with Gasteiger partial charge in [0.15, 0.2) is 5.96 Å². The maximum absolute atomic E-state index is 11.9. The number of aliphatic imine (C=N–C) groups is 1. The highest BCUT2D eigenvalue weighted by Gasteiger charge is 2.23. The molecule has 1 aliphatic rings. The molecule has 11 heteroatoms. The van der Waals surface area contributed by atoms with Crippen LogP contribution in [0.15, 0.2) is 33.8 Å². The van der Waals surface area contributed by atoms with Crippen LogP contribution < -0.4 is 5.32 Å². The monoisotopic (exact) mass is 548 g/mol. The zero-order valence-corrected chi connectivity index (χ0v) is 20.1. The Balaban J connectivity index is 0.00000320. The summed E-state index contributed by atoms with van der Waals surface area (Å²) in [6, 6.07) is 7.25. The van der Waals surface area contributed by atoms with Gasteiger partial charge >= 0.3 is 6.09 Å². The number of guanidine groups is 1. The standard InChI is InChI=1S/C19H25ClN6O3.HI/c1-3-21-18(25-9-11-26(12-10-25)19(27)28-4-2)22-13-16-23-17(24-29-16)14-5-7-15(20)8-6-14;/h5-8H,3-4,9-13H2,1-2H3,(H,21,22);1H. The molecular weight excluding hydrogens is 523 g/mol. The number of carbonyl (C=O) groups excluding carboxylic acids is 1. The zero-order valence-electron chi connectivity index (χ0n) is 17.0. The molecule has 0 radical (unpaired) electrons. The van der Waals surface area contributed by atoms with Crippen LogP contribution in [-0.4, -0.2) is 71.3 Å². The minimum absolute atomic E-state index is 0. The fourth-order valence-electron chi connectivity index (χ4n) is 2.92. The van der Waals surface area contributed by atoms with E-state index in [1.165, 1.54) is 0 Å². The van der Waals surface area contributed by atoms with Gasteiger partial charge in [0.25, 0.3) is 0 Å². The molecule has 1 N–H and O–H groups in total. The van der Waals surface area contributed by atoms with Gasteiger partial charge in [0.2, 0.25) is 11.7 Å². The fourth-order valence-corrected chi connectivity index (χ4v) is 3.05.